The van der Waals surface area contributed by atoms with E-state index in [1.807, 2.05) is 0 Å². The van der Waals surface area contributed by atoms with Crippen molar-refractivity contribution in [2.75, 3.05) is 12.9 Å². The number of halogens is 2. The summed E-state index contributed by atoms with van der Waals surface area (Å²) in [5, 5.41) is 0.396. The molecule has 0 aliphatic heterocycles. The fraction of sp³-hybridized carbons (Fsp3) is 0.400. The van der Waals surface area contributed by atoms with Crippen LogP contribution in [0.3, 0.4) is 0 Å². The van der Waals surface area contributed by atoms with Crippen molar-refractivity contribution in [1.29, 1.82) is 0 Å². The van der Waals surface area contributed by atoms with Crippen LogP contribution >= 0.6 is 23.2 Å². The molecular weight excluding hydrogens is 269 g/mol. The van der Waals surface area contributed by atoms with Crippen LogP contribution in [-0.4, -0.2) is 31.7 Å². The molecular formula is C10H13Cl2NO2S. The highest BCUT2D eigenvalue weighted by Gasteiger charge is 2.24. The molecule has 6 heteroatoms. The molecule has 0 spiro atoms. The molecule has 0 fully saturated rings. The summed E-state index contributed by atoms with van der Waals surface area (Å²) in [5.41, 5.74) is 0. The lowest BCUT2D eigenvalue weighted by molar-refractivity contribution is 0.413. The highest BCUT2D eigenvalue weighted by atomic mass is 35.5. The molecule has 1 atom stereocenters. The van der Waals surface area contributed by atoms with Crippen LogP contribution in [0, 0.1) is 0 Å². The summed E-state index contributed by atoms with van der Waals surface area (Å²) in [7, 11) is -2.01. The number of nitrogens with zero attached hydrogens (tertiary/aromatic N) is 1. The van der Waals surface area contributed by atoms with Crippen molar-refractivity contribution < 1.29 is 8.42 Å². The Balaban J connectivity index is 3.12. The number of hydrogen-bond acceptors (Lipinski definition) is 2. The standard InChI is InChI=1S/C10H13Cl2NO2S/c1-8(7-11)13(2)16(14,15)10-5-3-4-9(12)6-10/h3-6,8H,7H2,1-2H3. The second-order valence-electron chi connectivity index (χ2n) is 3.48. The predicted molar refractivity (Wildman–Crippen MR) is 66.6 cm³/mol. The molecule has 0 bridgehead atoms. The first-order valence-electron chi connectivity index (χ1n) is 4.69. The van der Waals surface area contributed by atoms with Gasteiger partial charge in [0, 0.05) is 24.0 Å². The van der Waals surface area contributed by atoms with E-state index in [-0.39, 0.29) is 16.8 Å². The first-order chi connectivity index (χ1) is 7.39. The minimum Gasteiger partial charge on any atom is -0.207 e. The third-order valence-electron chi connectivity index (χ3n) is 2.32. The van der Waals surface area contributed by atoms with Crippen molar-refractivity contribution in [2.45, 2.75) is 17.9 Å². The van der Waals surface area contributed by atoms with Crippen LogP contribution in [0.4, 0.5) is 0 Å². The Morgan fingerprint density at radius 1 is 1.44 bits per heavy atom. The van der Waals surface area contributed by atoms with Gasteiger partial charge in [-0.15, -0.1) is 11.6 Å². The Kier molecular flexibility index (Phi) is 4.62. The largest absolute Gasteiger partial charge is 0.243 e. The van der Waals surface area contributed by atoms with Crippen LogP contribution in [0.2, 0.25) is 5.02 Å². The molecule has 1 unspecified atom stereocenters. The third-order valence-corrected chi connectivity index (χ3v) is 4.97. The van der Waals surface area contributed by atoms with Crippen LogP contribution in [-0.2, 0) is 10.0 Å². The first-order valence-corrected chi connectivity index (χ1v) is 7.04. The fourth-order valence-corrected chi connectivity index (χ4v) is 3.08. The quantitative estimate of drug-likeness (QED) is 0.796. The summed E-state index contributed by atoms with van der Waals surface area (Å²) < 4.78 is 25.4. The van der Waals surface area contributed by atoms with Gasteiger partial charge in [-0.05, 0) is 25.1 Å². The zero-order chi connectivity index (χ0) is 12.3. The van der Waals surface area contributed by atoms with E-state index < -0.39 is 10.0 Å². The molecule has 1 rings (SSSR count). The lowest BCUT2D eigenvalue weighted by atomic mass is 10.4. The molecule has 1 aromatic rings. The zero-order valence-corrected chi connectivity index (χ0v) is 11.4. The number of alkyl halides is 1. The number of rotatable bonds is 4. The summed E-state index contributed by atoms with van der Waals surface area (Å²) in [5.74, 6) is 0.246. The summed E-state index contributed by atoms with van der Waals surface area (Å²) >= 11 is 11.4. The van der Waals surface area contributed by atoms with Crippen LogP contribution in [0.25, 0.3) is 0 Å². The van der Waals surface area contributed by atoms with E-state index in [1.54, 1.807) is 19.1 Å². The van der Waals surface area contributed by atoms with Gasteiger partial charge in [-0.2, -0.15) is 4.31 Å². The van der Waals surface area contributed by atoms with Crippen molar-refractivity contribution in [3.63, 3.8) is 0 Å². The SMILES string of the molecule is CC(CCl)N(C)S(=O)(=O)c1cccc(Cl)c1. The Hall–Kier alpha value is -0.290. The fourth-order valence-electron chi connectivity index (χ4n) is 1.13. The summed E-state index contributed by atoms with van der Waals surface area (Å²) in [6.07, 6.45) is 0. The monoisotopic (exact) mass is 281 g/mol. The summed E-state index contributed by atoms with van der Waals surface area (Å²) in [4.78, 5) is 0.180. The van der Waals surface area contributed by atoms with Gasteiger partial charge in [0.2, 0.25) is 10.0 Å². The molecule has 3 nitrogen and oxygen atoms in total. The highest BCUT2D eigenvalue weighted by Crippen LogP contribution is 2.20. The van der Waals surface area contributed by atoms with Gasteiger partial charge in [-0.1, -0.05) is 17.7 Å². The number of benzene rings is 1. The van der Waals surface area contributed by atoms with E-state index in [9.17, 15) is 8.42 Å². The van der Waals surface area contributed by atoms with E-state index >= 15 is 0 Å². The highest BCUT2D eigenvalue weighted by molar-refractivity contribution is 7.89. The second-order valence-corrected chi connectivity index (χ2v) is 6.22. The van der Waals surface area contributed by atoms with Gasteiger partial charge >= 0.3 is 0 Å². The van der Waals surface area contributed by atoms with E-state index in [1.165, 1.54) is 23.5 Å². The maximum Gasteiger partial charge on any atom is 0.243 e. The number of sulfonamides is 1. The minimum atomic E-state index is -3.51. The second kappa shape index (κ2) is 5.36. The molecule has 1 aromatic carbocycles. The third kappa shape index (κ3) is 2.88. The molecule has 0 saturated carbocycles. The average Bonchev–Trinajstić information content (AvgIpc) is 2.27. The normalized spacial score (nSPS) is 14.1. The van der Waals surface area contributed by atoms with Gasteiger partial charge in [0.05, 0.1) is 4.90 Å². The molecule has 0 radical (unpaired) electrons. The molecule has 0 amide bonds. The first kappa shape index (κ1) is 13.8. The van der Waals surface area contributed by atoms with Gasteiger partial charge in [-0.25, -0.2) is 8.42 Å². The average molecular weight is 282 g/mol. The Labute approximate surface area is 106 Å². The molecule has 0 aromatic heterocycles. The van der Waals surface area contributed by atoms with Crippen LogP contribution < -0.4 is 0 Å². The van der Waals surface area contributed by atoms with Gasteiger partial charge in [0.1, 0.15) is 0 Å². The van der Waals surface area contributed by atoms with Crippen molar-refractivity contribution in [3.05, 3.63) is 29.3 Å². The minimum absolute atomic E-state index is 0.180. The van der Waals surface area contributed by atoms with Crippen molar-refractivity contribution in [1.82, 2.24) is 4.31 Å². The predicted octanol–water partition coefficient (Wildman–Crippen LogP) is 2.59. The van der Waals surface area contributed by atoms with Crippen LogP contribution in [0.15, 0.2) is 29.2 Å². The Morgan fingerprint density at radius 2 is 2.06 bits per heavy atom. The smallest absolute Gasteiger partial charge is 0.207 e. The van der Waals surface area contributed by atoms with E-state index in [2.05, 4.69) is 0 Å². The maximum absolute atomic E-state index is 12.1. The van der Waals surface area contributed by atoms with Crippen molar-refractivity contribution in [3.8, 4) is 0 Å². The molecule has 0 heterocycles. The van der Waals surface area contributed by atoms with Crippen LogP contribution in [0.5, 0.6) is 0 Å². The maximum atomic E-state index is 12.1. The topological polar surface area (TPSA) is 37.4 Å². The van der Waals surface area contributed by atoms with E-state index in [4.69, 9.17) is 23.2 Å². The lowest BCUT2D eigenvalue weighted by Gasteiger charge is -2.22. The van der Waals surface area contributed by atoms with Gasteiger partial charge in [0.25, 0.3) is 0 Å². The molecule has 0 aliphatic carbocycles. The zero-order valence-electron chi connectivity index (χ0n) is 9.02. The molecule has 0 saturated heterocycles. The molecule has 90 valence electrons. The number of hydrogen-bond donors (Lipinski definition) is 0. The van der Waals surface area contributed by atoms with E-state index in [0.717, 1.165) is 0 Å². The summed E-state index contributed by atoms with van der Waals surface area (Å²) in [6, 6.07) is 5.91. The molecule has 0 N–H and O–H groups in total. The van der Waals surface area contributed by atoms with Crippen molar-refractivity contribution in [2.24, 2.45) is 0 Å². The molecule has 16 heavy (non-hydrogen) atoms. The van der Waals surface area contributed by atoms with Gasteiger partial charge < -0.3 is 0 Å². The van der Waals surface area contributed by atoms with Crippen LogP contribution in [0.1, 0.15) is 6.92 Å². The van der Waals surface area contributed by atoms with Gasteiger partial charge in [0.15, 0.2) is 0 Å². The Bertz CT molecular complexity index is 462. The van der Waals surface area contributed by atoms with Gasteiger partial charge in [-0.3, -0.25) is 0 Å². The molecule has 0 aliphatic rings. The Morgan fingerprint density at radius 3 is 2.56 bits per heavy atom. The van der Waals surface area contributed by atoms with E-state index in [0.29, 0.717) is 5.02 Å². The summed E-state index contributed by atoms with van der Waals surface area (Å²) in [6.45, 7) is 1.75. The van der Waals surface area contributed by atoms with Crippen molar-refractivity contribution >= 4 is 33.2 Å². The lowest BCUT2D eigenvalue weighted by Crippen LogP contribution is -2.36.